The summed E-state index contributed by atoms with van der Waals surface area (Å²) in [4.78, 5) is 11.7. The van der Waals surface area contributed by atoms with Crippen LogP contribution < -0.4 is 10.6 Å². The molecule has 0 radical (unpaired) electrons. The van der Waals surface area contributed by atoms with Crippen LogP contribution in [0.2, 0.25) is 0 Å². The second-order valence-corrected chi connectivity index (χ2v) is 5.36. The van der Waals surface area contributed by atoms with Crippen molar-refractivity contribution in [3.05, 3.63) is 0 Å². The normalized spacial score (nSPS) is 22.1. The highest BCUT2D eigenvalue weighted by Crippen LogP contribution is 2.15. The van der Waals surface area contributed by atoms with Gasteiger partial charge in [-0.25, -0.2) is 0 Å². The third-order valence-electron chi connectivity index (χ3n) is 3.58. The van der Waals surface area contributed by atoms with Gasteiger partial charge in [0, 0.05) is 12.5 Å². The molecule has 1 heterocycles. The summed E-state index contributed by atoms with van der Waals surface area (Å²) in [6, 6.07) is 0.340. The number of hydrogen-bond acceptors (Lipinski definition) is 2. The molecule has 1 saturated heterocycles. The lowest BCUT2D eigenvalue weighted by Gasteiger charge is -2.22. The Balaban J connectivity index is 2.07. The number of carbonyl (C=O) groups excluding carboxylic acids is 1. The van der Waals surface area contributed by atoms with E-state index in [1.165, 1.54) is 25.7 Å². The van der Waals surface area contributed by atoms with E-state index in [-0.39, 0.29) is 5.91 Å². The molecule has 17 heavy (non-hydrogen) atoms. The highest BCUT2D eigenvalue weighted by atomic mass is 16.1. The highest BCUT2D eigenvalue weighted by Gasteiger charge is 2.15. The van der Waals surface area contributed by atoms with E-state index in [9.17, 15) is 4.79 Å². The van der Waals surface area contributed by atoms with Crippen molar-refractivity contribution >= 4 is 5.91 Å². The predicted molar refractivity (Wildman–Crippen MR) is 72.0 cm³/mol. The van der Waals surface area contributed by atoms with Crippen molar-refractivity contribution in [3.8, 4) is 0 Å². The summed E-state index contributed by atoms with van der Waals surface area (Å²) in [5.41, 5.74) is 0. The fraction of sp³-hybridized carbons (Fsp3) is 0.929. The minimum atomic E-state index is 0.235. The summed E-state index contributed by atoms with van der Waals surface area (Å²) in [6.45, 7) is 6.54. The van der Waals surface area contributed by atoms with Crippen molar-refractivity contribution in [1.29, 1.82) is 0 Å². The van der Waals surface area contributed by atoms with Gasteiger partial charge in [0.2, 0.25) is 5.91 Å². The summed E-state index contributed by atoms with van der Waals surface area (Å²) < 4.78 is 0. The van der Waals surface area contributed by atoms with E-state index < -0.39 is 0 Å². The van der Waals surface area contributed by atoms with E-state index in [0.717, 1.165) is 25.9 Å². The topological polar surface area (TPSA) is 41.1 Å². The lowest BCUT2D eigenvalue weighted by atomic mass is 9.94. The average Bonchev–Trinajstić information content (AvgIpc) is 2.35. The molecule has 0 aromatic heterocycles. The van der Waals surface area contributed by atoms with Crippen molar-refractivity contribution in [2.75, 3.05) is 13.1 Å². The molecule has 3 heteroatoms. The molecular formula is C14H28N2O. The fourth-order valence-corrected chi connectivity index (χ4v) is 2.44. The molecule has 3 nitrogen and oxygen atoms in total. The van der Waals surface area contributed by atoms with Gasteiger partial charge in [0.25, 0.3) is 0 Å². The predicted octanol–water partition coefficient (Wildman–Crippen LogP) is 2.46. The Labute approximate surface area is 106 Å². The summed E-state index contributed by atoms with van der Waals surface area (Å²) in [5.74, 6) is 0.944. The maximum atomic E-state index is 11.7. The van der Waals surface area contributed by atoms with Crippen LogP contribution in [-0.4, -0.2) is 25.0 Å². The zero-order valence-electron chi connectivity index (χ0n) is 11.4. The van der Waals surface area contributed by atoms with Gasteiger partial charge in [-0.2, -0.15) is 0 Å². The van der Waals surface area contributed by atoms with Crippen molar-refractivity contribution in [2.45, 2.75) is 64.8 Å². The van der Waals surface area contributed by atoms with Crippen LogP contribution in [0.15, 0.2) is 0 Å². The second kappa shape index (κ2) is 8.51. The van der Waals surface area contributed by atoms with Gasteiger partial charge in [-0.1, -0.05) is 19.8 Å². The number of hydrogen-bond donors (Lipinski definition) is 2. The van der Waals surface area contributed by atoms with E-state index >= 15 is 0 Å². The third-order valence-corrected chi connectivity index (χ3v) is 3.58. The first kappa shape index (κ1) is 14.5. The Morgan fingerprint density at radius 3 is 3.00 bits per heavy atom. The van der Waals surface area contributed by atoms with Gasteiger partial charge in [0.05, 0.1) is 0 Å². The van der Waals surface area contributed by atoms with Gasteiger partial charge in [-0.05, 0) is 51.6 Å². The van der Waals surface area contributed by atoms with Crippen LogP contribution in [0.5, 0.6) is 0 Å². The number of amides is 1. The molecule has 100 valence electrons. The number of nitrogens with one attached hydrogen (secondary N) is 2. The molecule has 1 aliphatic rings. The number of piperidine rings is 1. The molecule has 1 fully saturated rings. The molecule has 0 saturated carbocycles. The van der Waals surface area contributed by atoms with Crippen LogP contribution in [-0.2, 0) is 4.79 Å². The lowest BCUT2D eigenvalue weighted by Crippen LogP contribution is -2.34. The van der Waals surface area contributed by atoms with Crippen LogP contribution in [0.1, 0.15) is 58.8 Å². The Morgan fingerprint density at radius 1 is 1.53 bits per heavy atom. The minimum absolute atomic E-state index is 0.235. The Kier molecular flexibility index (Phi) is 7.25. The summed E-state index contributed by atoms with van der Waals surface area (Å²) >= 11 is 0. The summed E-state index contributed by atoms with van der Waals surface area (Å²) in [5, 5.41) is 6.49. The molecule has 0 aromatic rings. The van der Waals surface area contributed by atoms with Gasteiger partial charge < -0.3 is 10.6 Å². The van der Waals surface area contributed by atoms with E-state index in [0.29, 0.717) is 18.4 Å². The van der Waals surface area contributed by atoms with Gasteiger partial charge in [0.1, 0.15) is 0 Å². The Bertz CT molecular complexity index is 212. The fourth-order valence-electron chi connectivity index (χ4n) is 2.44. The molecule has 2 atom stereocenters. The third kappa shape index (κ3) is 6.67. The Hall–Kier alpha value is -0.570. The van der Waals surface area contributed by atoms with E-state index in [1.54, 1.807) is 0 Å². The van der Waals surface area contributed by atoms with Gasteiger partial charge in [-0.15, -0.1) is 0 Å². The van der Waals surface area contributed by atoms with Crippen LogP contribution in [0.4, 0.5) is 0 Å². The van der Waals surface area contributed by atoms with Gasteiger partial charge in [-0.3, -0.25) is 4.79 Å². The van der Waals surface area contributed by atoms with Crippen LogP contribution in [0.3, 0.4) is 0 Å². The molecule has 1 amide bonds. The maximum absolute atomic E-state index is 11.7. The van der Waals surface area contributed by atoms with Crippen LogP contribution in [0, 0.1) is 5.92 Å². The Morgan fingerprint density at radius 2 is 2.35 bits per heavy atom. The van der Waals surface area contributed by atoms with Crippen molar-refractivity contribution in [2.24, 2.45) is 5.92 Å². The quantitative estimate of drug-likeness (QED) is 0.718. The van der Waals surface area contributed by atoms with E-state index in [2.05, 4.69) is 24.5 Å². The first-order chi connectivity index (χ1) is 8.22. The van der Waals surface area contributed by atoms with Gasteiger partial charge in [0.15, 0.2) is 0 Å². The molecule has 0 bridgehead atoms. The SMILES string of the molecule is CCCCC(C)NC(=O)CCC1CCCNC1. The first-order valence-electron chi connectivity index (χ1n) is 7.22. The molecule has 1 aliphatic heterocycles. The largest absolute Gasteiger partial charge is 0.354 e. The lowest BCUT2D eigenvalue weighted by molar-refractivity contribution is -0.122. The molecule has 1 rings (SSSR count). The zero-order chi connectivity index (χ0) is 12.5. The monoisotopic (exact) mass is 240 g/mol. The number of rotatable bonds is 7. The molecular weight excluding hydrogens is 212 g/mol. The van der Waals surface area contributed by atoms with E-state index in [4.69, 9.17) is 0 Å². The molecule has 2 unspecified atom stereocenters. The summed E-state index contributed by atoms with van der Waals surface area (Å²) in [6.07, 6.45) is 7.79. The van der Waals surface area contributed by atoms with Crippen molar-refractivity contribution in [3.63, 3.8) is 0 Å². The number of unbranched alkanes of at least 4 members (excludes halogenated alkanes) is 1. The molecule has 0 aliphatic carbocycles. The maximum Gasteiger partial charge on any atom is 0.220 e. The van der Waals surface area contributed by atoms with Gasteiger partial charge >= 0.3 is 0 Å². The van der Waals surface area contributed by atoms with Crippen LogP contribution >= 0.6 is 0 Å². The summed E-state index contributed by atoms with van der Waals surface area (Å²) in [7, 11) is 0. The standard InChI is InChI=1S/C14H28N2O/c1-3-4-6-12(2)16-14(17)9-8-13-7-5-10-15-11-13/h12-13,15H,3-11H2,1-2H3,(H,16,17). The molecule has 2 N–H and O–H groups in total. The number of carbonyl (C=O) groups is 1. The van der Waals surface area contributed by atoms with Crippen LogP contribution in [0.25, 0.3) is 0 Å². The molecule has 0 spiro atoms. The van der Waals surface area contributed by atoms with Crippen molar-refractivity contribution in [1.82, 2.24) is 10.6 Å². The first-order valence-corrected chi connectivity index (χ1v) is 7.22. The average molecular weight is 240 g/mol. The van der Waals surface area contributed by atoms with Crippen molar-refractivity contribution < 1.29 is 4.79 Å². The molecule has 0 aromatic carbocycles. The second-order valence-electron chi connectivity index (χ2n) is 5.36. The zero-order valence-corrected chi connectivity index (χ0v) is 11.4. The van der Waals surface area contributed by atoms with E-state index in [1.807, 2.05) is 0 Å². The minimum Gasteiger partial charge on any atom is -0.354 e. The smallest absolute Gasteiger partial charge is 0.220 e. The highest BCUT2D eigenvalue weighted by molar-refractivity contribution is 5.76.